The average Bonchev–Trinajstić information content (AvgIpc) is 3.18. The van der Waals surface area contributed by atoms with Crippen LogP contribution in [0, 0.1) is 5.82 Å². The summed E-state index contributed by atoms with van der Waals surface area (Å²) in [5, 5.41) is 11.0. The summed E-state index contributed by atoms with van der Waals surface area (Å²) in [5.41, 5.74) is 0.475. The maximum atomic E-state index is 14.7. The lowest BCUT2D eigenvalue weighted by Crippen LogP contribution is -2.48. The zero-order valence-corrected chi connectivity index (χ0v) is 19.2. The van der Waals surface area contributed by atoms with Crippen molar-refractivity contribution in [3.63, 3.8) is 0 Å². The van der Waals surface area contributed by atoms with Gasteiger partial charge in [0.05, 0.1) is 19.3 Å². The first-order chi connectivity index (χ1) is 16.3. The van der Waals surface area contributed by atoms with Crippen molar-refractivity contribution in [2.45, 2.75) is 44.1 Å². The molecule has 8 nitrogen and oxygen atoms in total. The molecule has 0 aliphatic carbocycles. The minimum absolute atomic E-state index is 0.0157. The van der Waals surface area contributed by atoms with Gasteiger partial charge < -0.3 is 19.9 Å². The van der Waals surface area contributed by atoms with Gasteiger partial charge in [-0.2, -0.15) is 36.9 Å². The zero-order chi connectivity index (χ0) is 25.8. The maximum Gasteiger partial charge on any atom is 0.456 e. The van der Waals surface area contributed by atoms with E-state index in [0.29, 0.717) is 11.8 Å². The molecular formula is C21H26F6N6O2. The van der Waals surface area contributed by atoms with Crippen LogP contribution in [-0.4, -0.2) is 75.7 Å². The lowest BCUT2D eigenvalue weighted by Gasteiger charge is -2.31. The molecule has 194 valence electrons. The van der Waals surface area contributed by atoms with Crippen LogP contribution in [0.2, 0.25) is 0 Å². The number of amides is 2. The van der Waals surface area contributed by atoms with Crippen LogP contribution >= 0.6 is 0 Å². The van der Waals surface area contributed by atoms with E-state index in [1.54, 1.807) is 7.05 Å². The first-order valence-electron chi connectivity index (χ1n) is 10.8. The number of rotatable bonds is 8. The van der Waals surface area contributed by atoms with E-state index in [4.69, 9.17) is 0 Å². The number of hydrogen-bond acceptors (Lipinski definition) is 5. The number of aryl methyl sites for hydroxylation is 1. The number of aromatic nitrogens is 3. The van der Waals surface area contributed by atoms with Gasteiger partial charge in [0.2, 0.25) is 0 Å². The van der Waals surface area contributed by atoms with Crippen LogP contribution in [0.15, 0.2) is 24.4 Å². The normalized spacial score (nSPS) is 15.8. The largest absolute Gasteiger partial charge is 0.487 e. The Balaban J connectivity index is 1.70. The molecule has 0 atom stereocenters. The summed E-state index contributed by atoms with van der Waals surface area (Å²) in [6, 6.07) is 2.44. The molecular weight excluding hydrogens is 482 g/mol. The Morgan fingerprint density at radius 1 is 1.17 bits per heavy atom. The summed E-state index contributed by atoms with van der Waals surface area (Å²) in [5.74, 6) is -6.50. The number of halogens is 6. The highest BCUT2D eigenvalue weighted by atomic mass is 19.4. The molecule has 0 bridgehead atoms. The molecule has 1 aliphatic heterocycles. The molecule has 1 aromatic carbocycles. The minimum atomic E-state index is -5.78. The second kappa shape index (κ2) is 10.7. The molecule has 14 heteroatoms. The van der Waals surface area contributed by atoms with E-state index >= 15 is 0 Å². The number of carbonyl (C=O) groups is 1. The molecule has 3 rings (SSSR count). The van der Waals surface area contributed by atoms with E-state index in [2.05, 4.69) is 25.2 Å². The Morgan fingerprint density at radius 2 is 1.86 bits per heavy atom. The van der Waals surface area contributed by atoms with Gasteiger partial charge in [-0.05, 0) is 39.0 Å². The Labute approximate surface area is 197 Å². The topological polar surface area (TPSA) is 75.5 Å². The van der Waals surface area contributed by atoms with Gasteiger partial charge >= 0.3 is 18.1 Å². The van der Waals surface area contributed by atoms with Crippen LogP contribution in [0.3, 0.4) is 0 Å². The van der Waals surface area contributed by atoms with Crippen LogP contribution in [0.4, 0.5) is 31.1 Å². The molecule has 1 aromatic heterocycles. The summed E-state index contributed by atoms with van der Waals surface area (Å²) in [4.78, 5) is 17.8. The minimum Gasteiger partial charge on any atom is -0.487 e. The van der Waals surface area contributed by atoms with Crippen molar-refractivity contribution in [1.82, 2.24) is 30.1 Å². The van der Waals surface area contributed by atoms with Crippen molar-refractivity contribution in [1.29, 1.82) is 0 Å². The molecule has 1 fully saturated rings. The smallest absolute Gasteiger partial charge is 0.456 e. The average molecular weight is 508 g/mol. The highest BCUT2D eigenvalue weighted by Crippen LogP contribution is 2.35. The summed E-state index contributed by atoms with van der Waals surface area (Å²) < 4.78 is 82.2. The van der Waals surface area contributed by atoms with Crippen molar-refractivity contribution in [3.8, 4) is 5.75 Å². The number of ether oxygens (including phenoxy) is 1. The second-order valence-electron chi connectivity index (χ2n) is 8.45. The van der Waals surface area contributed by atoms with Crippen LogP contribution in [0.1, 0.15) is 24.1 Å². The zero-order valence-electron chi connectivity index (χ0n) is 19.2. The number of hydrogen-bond donors (Lipinski definition) is 1. The number of piperidine rings is 1. The van der Waals surface area contributed by atoms with E-state index in [-0.39, 0.29) is 24.7 Å². The lowest BCUT2D eigenvalue weighted by molar-refractivity contribution is -0.290. The van der Waals surface area contributed by atoms with Crippen molar-refractivity contribution in [2.24, 2.45) is 7.05 Å². The molecule has 0 radical (unpaired) electrons. The van der Waals surface area contributed by atoms with Gasteiger partial charge in [0, 0.05) is 24.7 Å². The summed E-state index contributed by atoms with van der Waals surface area (Å²) in [6.07, 6.45) is -2.81. The van der Waals surface area contributed by atoms with Crippen molar-refractivity contribution >= 4 is 6.03 Å². The van der Waals surface area contributed by atoms with E-state index < -0.39 is 36.3 Å². The van der Waals surface area contributed by atoms with E-state index in [1.807, 2.05) is 7.05 Å². The van der Waals surface area contributed by atoms with Gasteiger partial charge in [0.15, 0.2) is 6.61 Å². The number of benzene rings is 1. The van der Waals surface area contributed by atoms with E-state index in [0.717, 1.165) is 32.0 Å². The first-order valence-corrected chi connectivity index (χ1v) is 10.8. The van der Waals surface area contributed by atoms with E-state index in [1.165, 1.54) is 22.0 Å². The number of likely N-dealkylation sites (tertiary alicyclic amines) is 1. The van der Waals surface area contributed by atoms with Gasteiger partial charge in [-0.1, -0.05) is 6.07 Å². The number of carbonyl (C=O) groups excluding carboxylic acids is 1. The summed E-state index contributed by atoms with van der Waals surface area (Å²) in [6.45, 7) is -0.536. The number of nitrogens with zero attached hydrogens (tertiary/aromatic N) is 5. The molecule has 0 saturated carbocycles. The Kier molecular flexibility index (Phi) is 8.13. The summed E-state index contributed by atoms with van der Waals surface area (Å²) >= 11 is 0. The Hall–Kier alpha value is -3.03. The quantitative estimate of drug-likeness (QED) is 0.554. The van der Waals surface area contributed by atoms with Gasteiger partial charge in [0.1, 0.15) is 17.3 Å². The maximum absolute atomic E-state index is 14.7. The predicted molar refractivity (Wildman–Crippen MR) is 112 cm³/mol. The molecule has 2 amide bonds. The fourth-order valence-corrected chi connectivity index (χ4v) is 3.48. The first kappa shape index (κ1) is 26.6. The molecule has 1 saturated heterocycles. The van der Waals surface area contributed by atoms with Crippen LogP contribution in [0.5, 0.6) is 5.75 Å². The fourth-order valence-electron chi connectivity index (χ4n) is 3.48. The molecule has 35 heavy (non-hydrogen) atoms. The highest BCUT2D eigenvalue weighted by Gasteiger charge is 2.58. The number of alkyl halides is 5. The monoisotopic (exact) mass is 508 g/mol. The third-order valence-electron chi connectivity index (χ3n) is 5.55. The molecule has 2 aromatic rings. The molecule has 2 heterocycles. The third kappa shape index (κ3) is 7.23. The third-order valence-corrected chi connectivity index (χ3v) is 5.55. The standard InChI is InChI=1S/C21H26F6N6O2/c1-31-7-5-15(6-8-31)29-19(34)33(12-16-10-28-32(2)30-16)11-14-3-4-17(9-18(14)22)35-13-20(23,24)21(25,26)27/h3-4,9-10,15H,5-8,11-13H2,1-2H3,(H,29,34). The molecule has 0 unspecified atom stereocenters. The van der Waals surface area contributed by atoms with Crippen LogP contribution < -0.4 is 10.1 Å². The van der Waals surface area contributed by atoms with Gasteiger partial charge in [-0.15, -0.1) is 0 Å². The SMILES string of the molecule is CN1CCC(NC(=O)N(Cc2cnn(C)n2)Cc2ccc(OCC(F)(F)C(F)(F)F)cc2F)CC1. The molecule has 0 spiro atoms. The predicted octanol–water partition coefficient (Wildman–Crippen LogP) is 3.34. The number of urea groups is 1. The fraction of sp³-hybridized carbons (Fsp3) is 0.571. The Bertz CT molecular complexity index is 1010. The number of nitrogens with one attached hydrogen (secondary N) is 1. The molecule has 1 aliphatic rings. The van der Waals surface area contributed by atoms with Crippen molar-refractivity contribution in [3.05, 3.63) is 41.5 Å². The second-order valence-corrected chi connectivity index (χ2v) is 8.45. The van der Waals surface area contributed by atoms with Crippen molar-refractivity contribution < 1.29 is 35.9 Å². The highest BCUT2D eigenvalue weighted by molar-refractivity contribution is 5.74. The molecule has 1 N–H and O–H groups in total. The summed E-state index contributed by atoms with van der Waals surface area (Å²) in [7, 11) is 3.59. The van der Waals surface area contributed by atoms with Crippen LogP contribution in [-0.2, 0) is 20.1 Å². The van der Waals surface area contributed by atoms with Crippen molar-refractivity contribution in [2.75, 3.05) is 26.7 Å². The van der Waals surface area contributed by atoms with Gasteiger partial charge in [0.25, 0.3) is 0 Å². The lowest BCUT2D eigenvalue weighted by atomic mass is 10.1. The van der Waals surface area contributed by atoms with Gasteiger partial charge in [-0.25, -0.2) is 9.18 Å². The van der Waals surface area contributed by atoms with Gasteiger partial charge in [-0.3, -0.25) is 0 Å². The van der Waals surface area contributed by atoms with E-state index in [9.17, 15) is 31.1 Å². The Morgan fingerprint density at radius 3 is 2.43 bits per heavy atom. The van der Waals surface area contributed by atoms with Crippen LogP contribution in [0.25, 0.3) is 0 Å².